The summed E-state index contributed by atoms with van der Waals surface area (Å²) in [6, 6.07) is 1.42. The van der Waals surface area contributed by atoms with Gasteiger partial charge in [-0.25, -0.2) is 14.8 Å². The van der Waals surface area contributed by atoms with Crippen molar-refractivity contribution in [2.24, 2.45) is 0 Å². The van der Waals surface area contributed by atoms with Gasteiger partial charge in [0.2, 0.25) is 5.95 Å². The molecule has 152 valence electrons. The van der Waals surface area contributed by atoms with E-state index in [2.05, 4.69) is 19.9 Å². The topological polar surface area (TPSA) is 127 Å². The molecule has 1 saturated carbocycles. The second-order valence-corrected chi connectivity index (χ2v) is 8.33. The maximum atomic E-state index is 12.6. The first-order valence-corrected chi connectivity index (χ1v) is 10.1. The number of carbonyl (C=O) groups excluding carboxylic acids is 1. The minimum absolute atomic E-state index is 0.0130. The second-order valence-electron chi connectivity index (χ2n) is 8.33. The van der Waals surface area contributed by atoms with E-state index in [0.29, 0.717) is 18.4 Å². The van der Waals surface area contributed by atoms with Crippen LogP contribution in [0.1, 0.15) is 65.6 Å². The molecule has 1 aliphatic heterocycles. The number of fused-ring (bicyclic) bond motifs is 2. The molecule has 0 aromatic carbocycles. The fourth-order valence-corrected chi connectivity index (χ4v) is 4.72. The van der Waals surface area contributed by atoms with Crippen molar-refractivity contribution in [2.75, 3.05) is 30.8 Å². The maximum Gasteiger partial charge on any atom is 0.356 e. The van der Waals surface area contributed by atoms with Crippen molar-refractivity contribution in [3.63, 3.8) is 0 Å². The summed E-state index contributed by atoms with van der Waals surface area (Å²) >= 11 is 0. The number of nitrogens with zero attached hydrogens (tertiary/aromatic N) is 4. The van der Waals surface area contributed by atoms with Gasteiger partial charge in [-0.1, -0.05) is 0 Å². The standard InChI is InChI=1S/C20H24N6O3/c1-29-18(28)13-9-14(21)23-19(22-13)26-8-2-6-20(10-26)7-5-12-15(20)24-16(11-3-4-11)25-17(12)27/h9,11H,2-8,10H2,1H3,(H2,21,22,23)(H,24,25,27). The van der Waals surface area contributed by atoms with Crippen LogP contribution in [-0.2, 0) is 16.6 Å². The van der Waals surface area contributed by atoms with Gasteiger partial charge in [0.05, 0.1) is 12.8 Å². The van der Waals surface area contributed by atoms with Crippen LogP contribution in [0.5, 0.6) is 0 Å². The van der Waals surface area contributed by atoms with Crippen LogP contribution in [0, 0.1) is 0 Å². The first-order valence-electron chi connectivity index (χ1n) is 10.1. The molecule has 1 saturated heterocycles. The van der Waals surface area contributed by atoms with E-state index in [1.165, 1.54) is 13.2 Å². The Morgan fingerprint density at radius 3 is 2.90 bits per heavy atom. The Morgan fingerprint density at radius 1 is 1.31 bits per heavy atom. The number of carbonyl (C=O) groups is 1. The molecule has 29 heavy (non-hydrogen) atoms. The molecule has 2 aliphatic carbocycles. The van der Waals surface area contributed by atoms with Crippen molar-refractivity contribution < 1.29 is 9.53 Å². The van der Waals surface area contributed by atoms with Crippen LogP contribution >= 0.6 is 0 Å². The van der Waals surface area contributed by atoms with Crippen molar-refractivity contribution >= 4 is 17.7 Å². The maximum absolute atomic E-state index is 12.6. The van der Waals surface area contributed by atoms with Gasteiger partial charge in [0.1, 0.15) is 11.6 Å². The molecule has 0 amide bonds. The Balaban J connectivity index is 1.51. The van der Waals surface area contributed by atoms with Gasteiger partial charge in [0, 0.05) is 36.1 Å². The van der Waals surface area contributed by atoms with Gasteiger partial charge in [-0.2, -0.15) is 4.98 Å². The van der Waals surface area contributed by atoms with Crippen LogP contribution in [0.2, 0.25) is 0 Å². The number of aromatic amines is 1. The van der Waals surface area contributed by atoms with Gasteiger partial charge in [-0.15, -0.1) is 0 Å². The van der Waals surface area contributed by atoms with E-state index >= 15 is 0 Å². The molecule has 2 fully saturated rings. The predicted octanol–water partition coefficient (Wildman–Crippen LogP) is 1.29. The van der Waals surface area contributed by atoms with E-state index < -0.39 is 5.97 Å². The Kier molecular flexibility index (Phi) is 4.07. The molecule has 3 heterocycles. The van der Waals surface area contributed by atoms with E-state index in [1.54, 1.807) is 0 Å². The third-order valence-corrected chi connectivity index (χ3v) is 6.34. The number of esters is 1. The lowest BCUT2D eigenvalue weighted by Crippen LogP contribution is -2.46. The molecule has 9 nitrogen and oxygen atoms in total. The highest BCUT2D eigenvalue weighted by atomic mass is 16.5. The number of nitrogen functional groups attached to an aromatic ring is 1. The molecule has 1 atom stereocenters. The number of ether oxygens (including phenoxy) is 1. The molecule has 1 spiro atoms. The molecule has 3 aliphatic rings. The first kappa shape index (κ1) is 18.1. The third kappa shape index (κ3) is 3.04. The molecule has 3 N–H and O–H groups in total. The van der Waals surface area contributed by atoms with Gasteiger partial charge in [0.25, 0.3) is 5.56 Å². The Bertz CT molecular complexity index is 1050. The van der Waals surface area contributed by atoms with Crippen LogP contribution in [-0.4, -0.2) is 46.1 Å². The highest BCUT2D eigenvalue weighted by Gasteiger charge is 2.46. The minimum atomic E-state index is -0.541. The molecule has 0 radical (unpaired) electrons. The third-order valence-electron chi connectivity index (χ3n) is 6.34. The van der Waals surface area contributed by atoms with Gasteiger partial charge in [0.15, 0.2) is 5.69 Å². The molecule has 2 aromatic heterocycles. The van der Waals surface area contributed by atoms with Gasteiger partial charge >= 0.3 is 5.97 Å². The summed E-state index contributed by atoms with van der Waals surface area (Å²) < 4.78 is 4.78. The molecule has 2 aromatic rings. The summed E-state index contributed by atoms with van der Waals surface area (Å²) in [6.07, 6.45) is 5.71. The molecule has 1 unspecified atom stereocenters. The summed E-state index contributed by atoms with van der Waals surface area (Å²) in [6.45, 7) is 1.42. The van der Waals surface area contributed by atoms with Gasteiger partial charge < -0.3 is 20.4 Å². The van der Waals surface area contributed by atoms with Crippen molar-refractivity contribution in [2.45, 2.75) is 49.9 Å². The largest absolute Gasteiger partial charge is 0.464 e. The predicted molar refractivity (Wildman–Crippen MR) is 106 cm³/mol. The van der Waals surface area contributed by atoms with Crippen molar-refractivity contribution in [1.29, 1.82) is 0 Å². The van der Waals surface area contributed by atoms with Crippen molar-refractivity contribution in [1.82, 2.24) is 19.9 Å². The van der Waals surface area contributed by atoms with Crippen LogP contribution < -0.4 is 16.2 Å². The van der Waals surface area contributed by atoms with Crippen molar-refractivity contribution in [3.05, 3.63) is 39.2 Å². The number of hydrogen-bond acceptors (Lipinski definition) is 8. The summed E-state index contributed by atoms with van der Waals surface area (Å²) in [5.41, 5.74) is 7.65. The Morgan fingerprint density at radius 2 is 2.14 bits per heavy atom. The van der Waals surface area contributed by atoms with E-state index in [9.17, 15) is 9.59 Å². The SMILES string of the molecule is COC(=O)c1cc(N)nc(N2CCCC3(CCc4c3nc(C3CC3)[nH]c4=O)C2)n1. The number of hydrogen-bond donors (Lipinski definition) is 2. The Labute approximate surface area is 167 Å². The van der Waals surface area contributed by atoms with Crippen LogP contribution in [0.4, 0.5) is 11.8 Å². The number of piperidine rings is 1. The molecular weight excluding hydrogens is 372 g/mol. The monoisotopic (exact) mass is 396 g/mol. The summed E-state index contributed by atoms with van der Waals surface area (Å²) in [4.78, 5) is 43.3. The average Bonchev–Trinajstić information content (AvgIpc) is 3.52. The molecule has 0 bridgehead atoms. The summed E-state index contributed by atoms with van der Waals surface area (Å²) in [5, 5.41) is 0. The number of anilines is 2. The van der Waals surface area contributed by atoms with Crippen LogP contribution in [0.15, 0.2) is 10.9 Å². The van der Waals surface area contributed by atoms with Crippen LogP contribution in [0.25, 0.3) is 0 Å². The van der Waals surface area contributed by atoms with Gasteiger partial charge in [-0.3, -0.25) is 4.79 Å². The zero-order chi connectivity index (χ0) is 20.2. The molecule has 9 heteroatoms. The fourth-order valence-electron chi connectivity index (χ4n) is 4.72. The van der Waals surface area contributed by atoms with E-state index in [4.69, 9.17) is 15.5 Å². The number of nitrogens with one attached hydrogen (secondary N) is 1. The zero-order valence-electron chi connectivity index (χ0n) is 16.4. The number of H-pyrrole nitrogens is 1. The van der Waals surface area contributed by atoms with Crippen molar-refractivity contribution in [3.8, 4) is 0 Å². The average molecular weight is 396 g/mol. The summed E-state index contributed by atoms with van der Waals surface area (Å²) in [5.74, 6) is 1.34. The second kappa shape index (κ2) is 6.53. The highest BCUT2D eigenvalue weighted by molar-refractivity contribution is 5.88. The number of methoxy groups -OCH3 is 1. The van der Waals surface area contributed by atoms with Gasteiger partial charge in [-0.05, 0) is 38.5 Å². The van der Waals surface area contributed by atoms with E-state index in [-0.39, 0.29) is 22.5 Å². The number of nitrogens with two attached hydrogens (primary N) is 1. The highest BCUT2D eigenvalue weighted by Crippen LogP contribution is 2.45. The lowest BCUT2D eigenvalue weighted by atomic mass is 9.77. The lowest BCUT2D eigenvalue weighted by Gasteiger charge is -2.40. The molecular formula is C20H24N6O3. The number of rotatable bonds is 3. The fraction of sp³-hybridized carbons (Fsp3) is 0.550. The van der Waals surface area contributed by atoms with E-state index in [0.717, 1.165) is 62.2 Å². The lowest BCUT2D eigenvalue weighted by molar-refractivity contribution is 0.0594. The number of aromatic nitrogens is 4. The van der Waals surface area contributed by atoms with E-state index in [1.807, 2.05) is 0 Å². The normalized spacial score (nSPS) is 23.3. The first-order chi connectivity index (χ1) is 14.0. The summed E-state index contributed by atoms with van der Waals surface area (Å²) in [7, 11) is 1.31. The van der Waals surface area contributed by atoms with Crippen LogP contribution in [0.3, 0.4) is 0 Å². The molecule has 5 rings (SSSR count). The smallest absolute Gasteiger partial charge is 0.356 e. The Hall–Kier alpha value is -2.97. The minimum Gasteiger partial charge on any atom is -0.464 e. The quantitative estimate of drug-likeness (QED) is 0.743. The zero-order valence-corrected chi connectivity index (χ0v) is 16.4.